The molecule has 0 atom stereocenters. The zero-order valence-corrected chi connectivity index (χ0v) is 8.77. The predicted octanol–water partition coefficient (Wildman–Crippen LogP) is 0.225. The predicted molar refractivity (Wildman–Crippen MR) is 57.5 cm³/mol. The molecule has 4 heteroatoms. The monoisotopic (exact) mass is 211 g/mol. The fourth-order valence-electron chi connectivity index (χ4n) is 1.09. The number of hydrogen-bond donors (Lipinski definition) is 4. The first kappa shape index (κ1) is 12.0. The van der Waals surface area contributed by atoms with Gasteiger partial charge in [-0.15, -0.1) is 0 Å². The average molecular weight is 211 g/mol. The summed E-state index contributed by atoms with van der Waals surface area (Å²) in [6.45, 7) is 2.04. The third-order valence-corrected chi connectivity index (χ3v) is 2.35. The van der Waals surface area contributed by atoms with Crippen molar-refractivity contribution in [2.75, 3.05) is 13.2 Å². The van der Waals surface area contributed by atoms with Crippen LogP contribution >= 0.6 is 0 Å². The first-order chi connectivity index (χ1) is 7.09. The standard InChI is InChI=1S/C11H17NO3/c1-11(7-13,8-14)12-6-9-2-4-10(15)5-3-9/h2-5,12-15H,6-8H2,1H3. The highest BCUT2D eigenvalue weighted by Gasteiger charge is 2.20. The molecule has 4 nitrogen and oxygen atoms in total. The van der Waals surface area contributed by atoms with E-state index in [2.05, 4.69) is 5.32 Å². The number of aliphatic hydroxyl groups is 2. The zero-order chi connectivity index (χ0) is 11.3. The molecule has 0 aromatic heterocycles. The molecule has 4 N–H and O–H groups in total. The van der Waals surface area contributed by atoms with Crippen molar-refractivity contribution in [3.8, 4) is 5.75 Å². The minimum atomic E-state index is -0.669. The van der Waals surface area contributed by atoms with E-state index in [1.54, 1.807) is 31.2 Å². The van der Waals surface area contributed by atoms with Gasteiger partial charge in [0.15, 0.2) is 0 Å². The number of aromatic hydroxyl groups is 1. The molecule has 0 aliphatic carbocycles. The Hall–Kier alpha value is -1.10. The van der Waals surface area contributed by atoms with E-state index in [0.717, 1.165) is 5.56 Å². The summed E-state index contributed by atoms with van der Waals surface area (Å²) in [5, 5.41) is 30.2. The van der Waals surface area contributed by atoms with Gasteiger partial charge >= 0.3 is 0 Å². The molecule has 1 rings (SSSR count). The van der Waals surface area contributed by atoms with Gasteiger partial charge < -0.3 is 20.6 Å². The van der Waals surface area contributed by atoms with E-state index in [0.29, 0.717) is 6.54 Å². The van der Waals surface area contributed by atoms with Gasteiger partial charge in [-0.25, -0.2) is 0 Å². The van der Waals surface area contributed by atoms with E-state index < -0.39 is 5.54 Å². The van der Waals surface area contributed by atoms with Crippen molar-refractivity contribution in [1.29, 1.82) is 0 Å². The number of nitrogens with one attached hydrogen (secondary N) is 1. The van der Waals surface area contributed by atoms with E-state index >= 15 is 0 Å². The van der Waals surface area contributed by atoms with Gasteiger partial charge in [-0.05, 0) is 24.6 Å². The molecule has 0 bridgehead atoms. The fourth-order valence-corrected chi connectivity index (χ4v) is 1.09. The Bertz CT molecular complexity index is 293. The van der Waals surface area contributed by atoms with E-state index in [-0.39, 0.29) is 19.0 Å². The van der Waals surface area contributed by atoms with Gasteiger partial charge in [0.05, 0.1) is 18.8 Å². The van der Waals surface area contributed by atoms with Crippen LogP contribution in [0.1, 0.15) is 12.5 Å². The Kier molecular flexibility index (Phi) is 4.08. The first-order valence-electron chi connectivity index (χ1n) is 4.84. The maximum atomic E-state index is 9.08. The van der Waals surface area contributed by atoms with Gasteiger partial charge in [-0.1, -0.05) is 12.1 Å². The minimum Gasteiger partial charge on any atom is -0.508 e. The summed E-state index contributed by atoms with van der Waals surface area (Å²) in [4.78, 5) is 0. The van der Waals surface area contributed by atoms with Crippen molar-refractivity contribution in [2.24, 2.45) is 0 Å². The number of benzene rings is 1. The van der Waals surface area contributed by atoms with Crippen molar-refractivity contribution >= 4 is 0 Å². The molecule has 0 fully saturated rings. The largest absolute Gasteiger partial charge is 0.508 e. The molecule has 15 heavy (non-hydrogen) atoms. The molecule has 84 valence electrons. The molecule has 1 aromatic rings. The van der Waals surface area contributed by atoms with Crippen LogP contribution in [-0.2, 0) is 6.54 Å². The normalized spacial score (nSPS) is 11.7. The summed E-state index contributed by atoms with van der Waals surface area (Å²) in [5.41, 5.74) is 0.318. The van der Waals surface area contributed by atoms with Gasteiger partial charge in [0.25, 0.3) is 0 Å². The Morgan fingerprint density at radius 1 is 1.13 bits per heavy atom. The second-order valence-electron chi connectivity index (χ2n) is 3.90. The van der Waals surface area contributed by atoms with Gasteiger partial charge in [-0.2, -0.15) is 0 Å². The van der Waals surface area contributed by atoms with Gasteiger partial charge in [0.2, 0.25) is 0 Å². The van der Waals surface area contributed by atoms with Crippen molar-refractivity contribution in [1.82, 2.24) is 5.32 Å². The second-order valence-corrected chi connectivity index (χ2v) is 3.90. The highest BCUT2D eigenvalue weighted by atomic mass is 16.3. The molecular weight excluding hydrogens is 194 g/mol. The SMILES string of the molecule is CC(CO)(CO)NCc1ccc(O)cc1. The van der Waals surface area contributed by atoms with E-state index in [1.807, 2.05) is 0 Å². The lowest BCUT2D eigenvalue weighted by molar-refractivity contribution is 0.103. The topological polar surface area (TPSA) is 72.7 Å². The smallest absolute Gasteiger partial charge is 0.115 e. The van der Waals surface area contributed by atoms with Gasteiger partial charge in [-0.3, -0.25) is 0 Å². The molecule has 0 saturated carbocycles. The molecular formula is C11H17NO3. The Morgan fingerprint density at radius 2 is 1.67 bits per heavy atom. The number of aliphatic hydroxyl groups excluding tert-OH is 2. The van der Waals surface area contributed by atoms with Crippen LogP contribution in [0.4, 0.5) is 0 Å². The lowest BCUT2D eigenvalue weighted by atomic mass is 10.0. The van der Waals surface area contributed by atoms with Crippen LogP contribution in [0.3, 0.4) is 0 Å². The second kappa shape index (κ2) is 5.11. The highest BCUT2D eigenvalue weighted by Crippen LogP contribution is 2.10. The van der Waals surface area contributed by atoms with Crippen molar-refractivity contribution in [2.45, 2.75) is 19.0 Å². The molecule has 0 aliphatic heterocycles. The van der Waals surface area contributed by atoms with E-state index in [4.69, 9.17) is 15.3 Å². The van der Waals surface area contributed by atoms with E-state index in [9.17, 15) is 0 Å². The van der Waals surface area contributed by atoms with Crippen LogP contribution in [-0.4, -0.2) is 34.1 Å². The maximum absolute atomic E-state index is 9.08. The lowest BCUT2D eigenvalue weighted by Gasteiger charge is -2.26. The Balaban J connectivity index is 2.53. The number of rotatable bonds is 5. The molecule has 0 amide bonds. The van der Waals surface area contributed by atoms with Gasteiger partial charge in [0.1, 0.15) is 5.75 Å². The van der Waals surface area contributed by atoms with Crippen LogP contribution < -0.4 is 5.32 Å². The molecule has 0 radical (unpaired) electrons. The van der Waals surface area contributed by atoms with Crippen LogP contribution in [0, 0.1) is 0 Å². The summed E-state index contributed by atoms with van der Waals surface area (Å²) in [5.74, 6) is 0.228. The third kappa shape index (κ3) is 3.51. The number of phenols is 1. The number of hydrogen-bond acceptors (Lipinski definition) is 4. The molecule has 0 heterocycles. The third-order valence-electron chi connectivity index (χ3n) is 2.35. The van der Waals surface area contributed by atoms with Gasteiger partial charge in [0, 0.05) is 6.54 Å². The fraction of sp³-hybridized carbons (Fsp3) is 0.455. The van der Waals surface area contributed by atoms with Crippen LogP contribution in [0.25, 0.3) is 0 Å². The average Bonchev–Trinajstić information content (AvgIpc) is 2.28. The summed E-state index contributed by atoms with van der Waals surface area (Å²) < 4.78 is 0. The number of phenolic OH excluding ortho intramolecular Hbond substituents is 1. The van der Waals surface area contributed by atoms with Crippen LogP contribution in [0.5, 0.6) is 5.75 Å². The molecule has 0 aliphatic rings. The molecule has 0 spiro atoms. The Morgan fingerprint density at radius 3 is 2.13 bits per heavy atom. The lowest BCUT2D eigenvalue weighted by Crippen LogP contribution is -2.48. The quantitative estimate of drug-likeness (QED) is 0.562. The molecule has 1 aromatic carbocycles. The maximum Gasteiger partial charge on any atom is 0.115 e. The molecule has 0 saturated heterocycles. The summed E-state index contributed by atoms with van der Waals surface area (Å²) in [6.07, 6.45) is 0. The first-order valence-corrected chi connectivity index (χ1v) is 4.84. The van der Waals surface area contributed by atoms with Crippen LogP contribution in [0.2, 0.25) is 0 Å². The zero-order valence-electron chi connectivity index (χ0n) is 8.77. The van der Waals surface area contributed by atoms with Crippen molar-refractivity contribution < 1.29 is 15.3 Å². The summed E-state index contributed by atoms with van der Waals surface area (Å²) in [6, 6.07) is 6.79. The van der Waals surface area contributed by atoms with Crippen molar-refractivity contribution in [3.05, 3.63) is 29.8 Å². The molecule has 0 unspecified atom stereocenters. The van der Waals surface area contributed by atoms with E-state index in [1.165, 1.54) is 0 Å². The summed E-state index contributed by atoms with van der Waals surface area (Å²) in [7, 11) is 0. The summed E-state index contributed by atoms with van der Waals surface area (Å²) >= 11 is 0. The highest BCUT2D eigenvalue weighted by molar-refractivity contribution is 5.25. The van der Waals surface area contributed by atoms with Crippen molar-refractivity contribution in [3.63, 3.8) is 0 Å². The Labute approximate surface area is 89.2 Å². The minimum absolute atomic E-state index is 0.123. The van der Waals surface area contributed by atoms with Crippen LogP contribution in [0.15, 0.2) is 24.3 Å².